The van der Waals surface area contributed by atoms with Crippen LogP contribution in [0.25, 0.3) is 17.0 Å². The van der Waals surface area contributed by atoms with Crippen LogP contribution >= 0.6 is 27.7 Å². The van der Waals surface area contributed by atoms with Crippen molar-refractivity contribution in [3.05, 3.63) is 76.4 Å². The van der Waals surface area contributed by atoms with Crippen LogP contribution < -0.4 is 0 Å². The number of nitrogens with zero attached hydrogens (tertiary/aromatic N) is 4. The minimum absolute atomic E-state index is 0.636. The number of aromatic nitrogens is 4. The van der Waals surface area contributed by atoms with E-state index in [9.17, 15) is 0 Å². The van der Waals surface area contributed by atoms with E-state index in [1.807, 2.05) is 47.8 Å². The Bertz CT molecular complexity index is 1010. The fraction of sp³-hybridized carbons (Fsp3) is 0.105. The minimum atomic E-state index is 0.636. The molecule has 4 aromatic rings. The maximum atomic E-state index is 4.66. The van der Waals surface area contributed by atoms with Gasteiger partial charge in [-0.05, 0) is 30.7 Å². The van der Waals surface area contributed by atoms with Gasteiger partial charge in [-0.25, -0.2) is 4.98 Å². The van der Waals surface area contributed by atoms with Gasteiger partial charge in [-0.3, -0.25) is 0 Å². The average molecular weight is 411 g/mol. The van der Waals surface area contributed by atoms with Gasteiger partial charge in [0, 0.05) is 21.5 Å². The molecular formula is C19H15BrN4S. The number of rotatable bonds is 4. The van der Waals surface area contributed by atoms with E-state index in [0.29, 0.717) is 5.78 Å². The fourth-order valence-electron chi connectivity index (χ4n) is 2.57. The van der Waals surface area contributed by atoms with Crippen LogP contribution in [0.3, 0.4) is 0 Å². The van der Waals surface area contributed by atoms with Gasteiger partial charge in [0.1, 0.15) is 0 Å². The zero-order valence-corrected chi connectivity index (χ0v) is 16.0. The van der Waals surface area contributed by atoms with E-state index in [2.05, 4.69) is 55.3 Å². The summed E-state index contributed by atoms with van der Waals surface area (Å²) in [7, 11) is 0. The molecule has 2 heterocycles. The number of fused-ring (bicyclic) bond motifs is 1. The minimum Gasteiger partial charge on any atom is -0.216 e. The van der Waals surface area contributed by atoms with E-state index in [4.69, 9.17) is 0 Å². The molecule has 2 aromatic carbocycles. The molecule has 0 aliphatic rings. The Kier molecular flexibility index (Phi) is 4.55. The molecule has 2 aromatic heterocycles. The SMILES string of the molecule is Cc1cc(-c2ccccc2)n2nc(SCc3ccc(Br)cc3)nc2n1. The predicted octanol–water partition coefficient (Wildman–Crippen LogP) is 5.15. The Hall–Kier alpha value is -2.18. The first kappa shape index (κ1) is 16.3. The molecule has 25 heavy (non-hydrogen) atoms. The van der Waals surface area contributed by atoms with Crippen LogP contribution in [0, 0.1) is 6.92 Å². The Labute approximate surface area is 158 Å². The summed E-state index contributed by atoms with van der Waals surface area (Å²) < 4.78 is 2.91. The van der Waals surface area contributed by atoms with Crippen LogP contribution in [-0.2, 0) is 5.75 Å². The van der Waals surface area contributed by atoms with Gasteiger partial charge in [0.25, 0.3) is 5.78 Å². The lowest BCUT2D eigenvalue weighted by molar-refractivity contribution is 0.882. The molecule has 0 aliphatic heterocycles. The van der Waals surface area contributed by atoms with Crippen LogP contribution in [-0.4, -0.2) is 19.6 Å². The highest BCUT2D eigenvalue weighted by Crippen LogP contribution is 2.24. The molecule has 0 saturated heterocycles. The van der Waals surface area contributed by atoms with Crippen molar-refractivity contribution < 1.29 is 0 Å². The smallest absolute Gasteiger partial charge is 0.216 e. The number of hydrogen-bond donors (Lipinski definition) is 0. The van der Waals surface area contributed by atoms with E-state index in [-0.39, 0.29) is 0 Å². The van der Waals surface area contributed by atoms with Crippen molar-refractivity contribution >= 4 is 33.5 Å². The molecule has 0 fully saturated rings. The van der Waals surface area contributed by atoms with Gasteiger partial charge >= 0.3 is 0 Å². The molecule has 0 atom stereocenters. The van der Waals surface area contributed by atoms with Crippen LogP contribution in [0.15, 0.2) is 70.3 Å². The van der Waals surface area contributed by atoms with Gasteiger partial charge in [-0.15, -0.1) is 5.10 Å². The molecule has 124 valence electrons. The summed E-state index contributed by atoms with van der Waals surface area (Å²) in [4.78, 5) is 9.11. The molecule has 6 heteroatoms. The van der Waals surface area contributed by atoms with E-state index in [1.165, 1.54) is 5.56 Å². The Morgan fingerprint density at radius 2 is 1.76 bits per heavy atom. The molecule has 0 spiro atoms. The number of hydrogen-bond acceptors (Lipinski definition) is 4. The molecule has 0 bridgehead atoms. The fourth-order valence-corrected chi connectivity index (χ4v) is 3.61. The molecule has 0 saturated carbocycles. The molecule has 0 amide bonds. The topological polar surface area (TPSA) is 43.1 Å². The summed E-state index contributed by atoms with van der Waals surface area (Å²) in [5.41, 5.74) is 4.28. The highest BCUT2D eigenvalue weighted by molar-refractivity contribution is 9.10. The third-order valence-corrected chi connectivity index (χ3v) is 5.21. The number of thioether (sulfide) groups is 1. The Morgan fingerprint density at radius 3 is 2.52 bits per heavy atom. The second-order valence-corrected chi connectivity index (χ2v) is 7.53. The maximum Gasteiger partial charge on any atom is 0.253 e. The van der Waals surface area contributed by atoms with Crippen LogP contribution in [0.4, 0.5) is 0 Å². The zero-order valence-electron chi connectivity index (χ0n) is 13.6. The quantitative estimate of drug-likeness (QED) is 0.436. The first-order valence-electron chi connectivity index (χ1n) is 7.86. The lowest BCUT2D eigenvalue weighted by Gasteiger charge is -2.04. The molecule has 0 aliphatic carbocycles. The summed E-state index contributed by atoms with van der Waals surface area (Å²) in [6.07, 6.45) is 0. The van der Waals surface area contributed by atoms with Crippen LogP contribution in [0.1, 0.15) is 11.3 Å². The largest absolute Gasteiger partial charge is 0.253 e. The first-order chi connectivity index (χ1) is 12.2. The molecule has 0 N–H and O–H groups in total. The zero-order chi connectivity index (χ0) is 17.2. The highest BCUT2D eigenvalue weighted by atomic mass is 79.9. The monoisotopic (exact) mass is 410 g/mol. The third-order valence-electron chi connectivity index (χ3n) is 3.77. The van der Waals surface area contributed by atoms with Crippen molar-refractivity contribution in [3.8, 4) is 11.3 Å². The second-order valence-electron chi connectivity index (χ2n) is 5.67. The lowest BCUT2D eigenvalue weighted by atomic mass is 10.1. The summed E-state index contributed by atoms with van der Waals surface area (Å²) in [5, 5.41) is 5.39. The van der Waals surface area contributed by atoms with Gasteiger partial charge in [-0.2, -0.15) is 9.50 Å². The third kappa shape index (κ3) is 3.60. The normalized spacial score (nSPS) is 11.1. The Balaban J connectivity index is 1.66. The van der Waals surface area contributed by atoms with Crippen molar-refractivity contribution in [1.82, 2.24) is 19.6 Å². The number of benzene rings is 2. The van der Waals surface area contributed by atoms with Crippen molar-refractivity contribution in [2.75, 3.05) is 0 Å². The van der Waals surface area contributed by atoms with Crippen molar-refractivity contribution in [2.24, 2.45) is 0 Å². The summed E-state index contributed by atoms with van der Waals surface area (Å²) >= 11 is 5.08. The van der Waals surface area contributed by atoms with Gasteiger partial charge in [-0.1, -0.05) is 70.2 Å². The van der Waals surface area contributed by atoms with Gasteiger partial charge in [0.2, 0.25) is 5.16 Å². The number of halogens is 1. The standard InChI is InChI=1S/C19H15BrN4S/c1-13-11-17(15-5-3-2-4-6-15)24-18(21-13)22-19(23-24)25-12-14-7-9-16(20)10-8-14/h2-11H,12H2,1H3. The second kappa shape index (κ2) is 6.98. The highest BCUT2D eigenvalue weighted by Gasteiger charge is 2.12. The average Bonchev–Trinajstić information content (AvgIpc) is 3.04. The van der Waals surface area contributed by atoms with Crippen molar-refractivity contribution in [3.63, 3.8) is 0 Å². The first-order valence-corrected chi connectivity index (χ1v) is 9.64. The maximum absolute atomic E-state index is 4.66. The molecular weight excluding hydrogens is 396 g/mol. The van der Waals surface area contributed by atoms with Crippen molar-refractivity contribution in [2.45, 2.75) is 17.8 Å². The van der Waals surface area contributed by atoms with E-state index >= 15 is 0 Å². The lowest BCUT2D eigenvalue weighted by Crippen LogP contribution is -1.98. The van der Waals surface area contributed by atoms with E-state index < -0.39 is 0 Å². The molecule has 0 radical (unpaired) electrons. The Morgan fingerprint density at radius 1 is 1.00 bits per heavy atom. The summed E-state index contributed by atoms with van der Waals surface area (Å²) in [6.45, 7) is 1.98. The van der Waals surface area contributed by atoms with Crippen LogP contribution in [0.2, 0.25) is 0 Å². The molecule has 4 nitrogen and oxygen atoms in total. The summed E-state index contributed by atoms with van der Waals surface area (Å²) in [5.74, 6) is 1.46. The summed E-state index contributed by atoms with van der Waals surface area (Å²) in [6, 6.07) is 20.5. The van der Waals surface area contributed by atoms with Crippen molar-refractivity contribution in [1.29, 1.82) is 0 Å². The predicted molar refractivity (Wildman–Crippen MR) is 105 cm³/mol. The van der Waals surface area contributed by atoms with Gasteiger partial charge in [0.05, 0.1) is 5.69 Å². The van der Waals surface area contributed by atoms with Gasteiger partial charge in [0.15, 0.2) is 0 Å². The van der Waals surface area contributed by atoms with E-state index in [0.717, 1.165) is 32.3 Å². The molecule has 0 unspecified atom stereocenters. The van der Waals surface area contributed by atoms with Crippen LogP contribution in [0.5, 0.6) is 0 Å². The number of aryl methyl sites for hydroxylation is 1. The van der Waals surface area contributed by atoms with Gasteiger partial charge < -0.3 is 0 Å². The van der Waals surface area contributed by atoms with E-state index in [1.54, 1.807) is 11.8 Å². The molecule has 4 rings (SSSR count).